The smallest absolute Gasteiger partial charge is 0.171 e. The van der Waals surface area contributed by atoms with Crippen molar-refractivity contribution in [3.63, 3.8) is 0 Å². The highest BCUT2D eigenvalue weighted by molar-refractivity contribution is 7.80. The van der Waals surface area contributed by atoms with Crippen LogP contribution in [0.5, 0.6) is 0 Å². The van der Waals surface area contributed by atoms with Crippen molar-refractivity contribution in [2.75, 3.05) is 5.32 Å². The zero-order chi connectivity index (χ0) is 16.1. The Morgan fingerprint density at radius 2 is 1.68 bits per heavy atom. The number of hydrogen-bond acceptors (Lipinski definition) is 1. The molecule has 2 aromatic carbocycles. The number of benzene rings is 2. The van der Waals surface area contributed by atoms with Crippen molar-refractivity contribution in [3.05, 3.63) is 64.7 Å². The van der Waals surface area contributed by atoms with Gasteiger partial charge in [0.1, 0.15) is 0 Å². The lowest BCUT2D eigenvalue weighted by molar-refractivity contribution is 0.628. The second-order valence-corrected chi connectivity index (χ2v) is 6.18. The Morgan fingerprint density at radius 3 is 2.27 bits per heavy atom. The van der Waals surface area contributed by atoms with Gasteiger partial charge in [0.15, 0.2) is 5.11 Å². The van der Waals surface area contributed by atoms with Gasteiger partial charge >= 0.3 is 0 Å². The molecule has 0 saturated carbocycles. The molecule has 0 aliphatic rings. The molecule has 0 heterocycles. The van der Waals surface area contributed by atoms with E-state index in [-0.39, 0.29) is 6.04 Å². The van der Waals surface area contributed by atoms with E-state index in [2.05, 4.69) is 68.7 Å². The normalized spacial score (nSPS) is 11.8. The van der Waals surface area contributed by atoms with Gasteiger partial charge in [0.05, 0.1) is 6.04 Å². The van der Waals surface area contributed by atoms with Gasteiger partial charge in [0.2, 0.25) is 0 Å². The number of aryl methyl sites for hydroxylation is 3. The summed E-state index contributed by atoms with van der Waals surface area (Å²) in [6.45, 7) is 8.53. The molecule has 0 bridgehead atoms. The fraction of sp³-hybridized carbons (Fsp3) is 0.316. The quantitative estimate of drug-likeness (QED) is 0.773. The fourth-order valence-corrected chi connectivity index (χ4v) is 2.62. The van der Waals surface area contributed by atoms with Gasteiger partial charge in [-0.25, -0.2) is 0 Å². The highest BCUT2D eigenvalue weighted by Gasteiger charge is 2.11. The maximum atomic E-state index is 5.45. The predicted octanol–water partition coefficient (Wildman–Crippen LogP) is 5.05. The second-order valence-electron chi connectivity index (χ2n) is 5.77. The van der Waals surface area contributed by atoms with E-state index in [1.807, 2.05) is 12.1 Å². The van der Waals surface area contributed by atoms with Crippen LogP contribution in [0.4, 0.5) is 5.69 Å². The summed E-state index contributed by atoms with van der Waals surface area (Å²) >= 11 is 5.45. The lowest BCUT2D eigenvalue weighted by Gasteiger charge is -2.21. The van der Waals surface area contributed by atoms with Crippen LogP contribution in [-0.4, -0.2) is 5.11 Å². The molecule has 0 unspecified atom stereocenters. The van der Waals surface area contributed by atoms with Gasteiger partial charge in [-0.05, 0) is 68.2 Å². The molecule has 0 radical (unpaired) electrons. The van der Waals surface area contributed by atoms with Gasteiger partial charge in [-0.15, -0.1) is 0 Å². The minimum absolute atomic E-state index is 0.227. The van der Waals surface area contributed by atoms with E-state index in [9.17, 15) is 0 Å². The number of thiocarbonyl (C=S) groups is 1. The van der Waals surface area contributed by atoms with Crippen molar-refractivity contribution < 1.29 is 0 Å². The lowest BCUT2D eigenvalue weighted by atomic mass is 9.99. The molecule has 0 fully saturated rings. The summed E-state index contributed by atoms with van der Waals surface area (Å²) in [5.41, 5.74) is 6.16. The molecule has 0 amide bonds. The maximum absolute atomic E-state index is 5.45. The molecule has 3 heteroatoms. The van der Waals surface area contributed by atoms with E-state index in [1.165, 1.54) is 22.3 Å². The van der Waals surface area contributed by atoms with Crippen molar-refractivity contribution in [2.45, 2.75) is 40.2 Å². The zero-order valence-electron chi connectivity index (χ0n) is 13.7. The maximum Gasteiger partial charge on any atom is 0.171 e. The van der Waals surface area contributed by atoms with Crippen LogP contribution >= 0.6 is 12.2 Å². The summed E-state index contributed by atoms with van der Waals surface area (Å²) in [5, 5.41) is 7.32. The van der Waals surface area contributed by atoms with Gasteiger partial charge in [-0.1, -0.05) is 42.8 Å². The monoisotopic (exact) mass is 312 g/mol. The first kappa shape index (κ1) is 16.5. The Balaban J connectivity index is 2.04. The minimum atomic E-state index is 0.227. The molecule has 1 atom stereocenters. The number of rotatable bonds is 4. The molecule has 116 valence electrons. The van der Waals surface area contributed by atoms with Gasteiger partial charge in [0, 0.05) is 5.69 Å². The van der Waals surface area contributed by atoms with E-state index < -0.39 is 0 Å². The van der Waals surface area contributed by atoms with E-state index in [0.717, 1.165) is 12.1 Å². The van der Waals surface area contributed by atoms with Crippen LogP contribution in [-0.2, 0) is 0 Å². The van der Waals surface area contributed by atoms with Crippen LogP contribution in [0.15, 0.2) is 42.5 Å². The van der Waals surface area contributed by atoms with E-state index in [1.54, 1.807) is 0 Å². The summed E-state index contributed by atoms with van der Waals surface area (Å²) in [6, 6.07) is 15.1. The van der Waals surface area contributed by atoms with Gasteiger partial charge in [-0.3, -0.25) is 0 Å². The van der Waals surface area contributed by atoms with E-state index in [0.29, 0.717) is 5.11 Å². The second kappa shape index (κ2) is 7.41. The van der Waals surface area contributed by atoms with E-state index >= 15 is 0 Å². The highest BCUT2D eigenvalue weighted by atomic mass is 32.1. The van der Waals surface area contributed by atoms with Crippen LogP contribution in [0, 0.1) is 20.8 Å². The Labute approximate surface area is 139 Å². The number of hydrogen-bond donors (Lipinski definition) is 2. The van der Waals surface area contributed by atoms with Gasteiger partial charge in [-0.2, -0.15) is 0 Å². The first-order valence-electron chi connectivity index (χ1n) is 7.71. The molecule has 2 rings (SSSR count). The minimum Gasteiger partial charge on any atom is -0.356 e. The van der Waals surface area contributed by atoms with Crippen LogP contribution in [0.1, 0.15) is 41.6 Å². The Morgan fingerprint density at radius 1 is 1.00 bits per heavy atom. The van der Waals surface area contributed by atoms with Crippen molar-refractivity contribution in [1.29, 1.82) is 0 Å². The third-order valence-electron chi connectivity index (χ3n) is 3.96. The summed E-state index contributed by atoms with van der Waals surface area (Å²) < 4.78 is 0. The molecule has 0 aromatic heterocycles. The summed E-state index contributed by atoms with van der Waals surface area (Å²) in [5.74, 6) is 0. The van der Waals surface area contributed by atoms with Crippen molar-refractivity contribution in [1.82, 2.24) is 5.32 Å². The van der Waals surface area contributed by atoms with Crippen molar-refractivity contribution in [3.8, 4) is 0 Å². The molecule has 2 N–H and O–H groups in total. The average molecular weight is 312 g/mol. The largest absolute Gasteiger partial charge is 0.356 e. The molecule has 0 aliphatic heterocycles. The third kappa shape index (κ3) is 4.31. The van der Waals surface area contributed by atoms with Crippen LogP contribution in [0.2, 0.25) is 0 Å². The first-order chi connectivity index (χ1) is 10.5. The zero-order valence-corrected chi connectivity index (χ0v) is 14.6. The van der Waals surface area contributed by atoms with Crippen LogP contribution < -0.4 is 10.6 Å². The van der Waals surface area contributed by atoms with Crippen LogP contribution in [0.25, 0.3) is 0 Å². The first-order valence-corrected chi connectivity index (χ1v) is 8.11. The molecule has 0 aliphatic carbocycles. The molecule has 2 nitrogen and oxygen atoms in total. The summed E-state index contributed by atoms with van der Waals surface area (Å²) in [6.07, 6.45) is 0.984. The average Bonchev–Trinajstić information content (AvgIpc) is 2.50. The molecule has 0 spiro atoms. The summed E-state index contributed by atoms with van der Waals surface area (Å²) in [4.78, 5) is 0. The van der Waals surface area contributed by atoms with Crippen molar-refractivity contribution >= 4 is 23.0 Å². The Bertz CT molecular complexity index is 647. The van der Waals surface area contributed by atoms with Gasteiger partial charge in [0.25, 0.3) is 0 Å². The number of nitrogens with one attached hydrogen (secondary N) is 2. The van der Waals surface area contributed by atoms with Crippen molar-refractivity contribution in [2.24, 2.45) is 0 Å². The van der Waals surface area contributed by atoms with Crippen LogP contribution in [0.3, 0.4) is 0 Å². The molecule has 2 aromatic rings. The third-order valence-corrected chi connectivity index (χ3v) is 4.18. The molecular weight excluding hydrogens is 288 g/mol. The topological polar surface area (TPSA) is 24.1 Å². The molecule has 22 heavy (non-hydrogen) atoms. The lowest BCUT2D eigenvalue weighted by Crippen LogP contribution is -2.32. The fourth-order valence-electron chi connectivity index (χ4n) is 2.36. The molecule has 0 saturated heterocycles. The standard InChI is InChI=1S/C19H24N2S/c1-5-18(16-9-8-14(3)15(4)12-16)21-19(22)20-17-10-6-13(2)7-11-17/h6-12,18H,5H2,1-4H3,(H2,20,21,22)/t18-/m0/s1. The SMILES string of the molecule is CC[C@H](NC(=S)Nc1ccc(C)cc1)c1ccc(C)c(C)c1. The van der Waals surface area contributed by atoms with E-state index in [4.69, 9.17) is 12.2 Å². The number of anilines is 1. The molecular formula is C19H24N2S. The predicted molar refractivity (Wildman–Crippen MR) is 99.5 cm³/mol. The highest BCUT2D eigenvalue weighted by Crippen LogP contribution is 2.20. The Hall–Kier alpha value is -1.87. The Kier molecular flexibility index (Phi) is 5.56. The van der Waals surface area contributed by atoms with Gasteiger partial charge < -0.3 is 10.6 Å². The summed E-state index contributed by atoms with van der Waals surface area (Å²) in [7, 11) is 0.